The van der Waals surface area contributed by atoms with Crippen molar-refractivity contribution in [2.24, 2.45) is 0 Å². The van der Waals surface area contributed by atoms with Gasteiger partial charge in [0.25, 0.3) is 11.1 Å². The molecule has 0 unspecified atom stereocenters. The Morgan fingerprint density at radius 1 is 1.38 bits per heavy atom. The fourth-order valence-corrected chi connectivity index (χ4v) is 3.00. The van der Waals surface area contributed by atoms with Crippen LogP contribution in [-0.2, 0) is 4.79 Å². The Morgan fingerprint density at radius 2 is 2.14 bits per heavy atom. The molecule has 0 aromatic heterocycles. The predicted molar refractivity (Wildman–Crippen MR) is 85.6 cm³/mol. The number of hydrogen-bond acceptors (Lipinski definition) is 5. The molecule has 1 aromatic carbocycles. The van der Waals surface area contributed by atoms with E-state index in [1.807, 2.05) is 13.0 Å². The van der Waals surface area contributed by atoms with Crippen LogP contribution in [0.2, 0.25) is 0 Å². The summed E-state index contributed by atoms with van der Waals surface area (Å²) in [5.41, 5.74) is 0.745. The standard InChI is InChI=1S/C14H14BrNO4S/c1-3-4-20-12-9(15)5-8(6-10(12)19-2)7-11-13(17)16-14(18)21-11/h5-7H,3-4H2,1-2H3,(H,16,17,18). The van der Waals surface area contributed by atoms with Gasteiger partial charge in [-0.25, -0.2) is 0 Å². The van der Waals surface area contributed by atoms with Crippen LogP contribution in [0.3, 0.4) is 0 Å². The van der Waals surface area contributed by atoms with Crippen molar-refractivity contribution in [2.75, 3.05) is 13.7 Å². The molecule has 1 fully saturated rings. The average molecular weight is 372 g/mol. The van der Waals surface area contributed by atoms with E-state index in [1.165, 1.54) is 0 Å². The first kappa shape index (κ1) is 15.9. The van der Waals surface area contributed by atoms with Gasteiger partial charge < -0.3 is 9.47 Å². The van der Waals surface area contributed by atoms with Crippen molar-refractivity contribution < 1.29 is 19.1 Å². The molecule has 1 saturated heterocycles. The molecule has 0 atom stereocenters. The van der Waals surface area contributed by atoms with Gasteiger partial charge in [-0.15, -0.1) is 0 Å². The Bertz CT molecular complexity index is 615. The first-order valence-electron chi connectivity index (χ1n) is 6.30. The van der Waals surface area contributed by atoms with E-state index in [9.17, 15) is 9.59 Å². The van der Waals surface area contributed by atoms with Crippen molar-refractivity contribution in [3.8, 4) is 11.5 Å². The van der Waals surface area contributed by atoms with E-state index < -0.39 is 0 Å². The molecule has 5 nitrogen and oxygen atoms in total. The highest BCUT2D eigenvalue weighted by Crippen LogP contribution is 2.38. The second-order valence-electron chi connectivity index (χ2n) is 4.23. The van der Waals surface area contributed by atoms with Crippen LogP contribution in [0.4, 0.5) is 4.79 Å². The summed E-state index contributed by atoms with van der Waals surface area (Å²) in [6.45, 7) is 2.61. The molecule has 7 heteroatoms. The molecule has 0 bridgehead atoms. The van der Waals surface area contributed by atoms with Gasteiger partial charge in [-0.3, -0.25) is 14.9 Å². The largest absolute Gasteiger partial charge is 0.493 e. The summed E-state index contributed by atoms with van der Waals surface area (Å²) < 4.78 is 11.7. The van der Waals surface area contributed by atoms with Crippen LogP contribution in [0.25, 0.3) is 6.08 Å². The minimum absolute atomic E-state index is 0.358. The molecular weight excluding hydrogens is 358 g/mol. The summed E-state index contributed by atoms with van der Waals surface area (Å²) in [5, 5.41) is 1.86. The average Bonchev–Trinajstić information content (AvgIpc) is 2.75. The van der Waals surface area contributed by atoms with E-state index in [0.717, 1.165) is 28.2 Å². The van der Waals surface area contributed by atoms with Crippen LogP contribution in [0.1, 0.15) is 18.9 Å². The van der Waals surface area contributed by atoms with E-state index >= 15 is 0 Å². The molecule has 1 heterocycles. The third-order valence-corrected chi connectivity index (χ3v) is 4.04. The highest BCUT2D eigenvalue weighted by atomic mass is 79.9. The molecule has 1 N–H and O–H groups in total. The summed E-state index contributed by atoms with van der Waals surface area (Å²) >= 11 is 4.32. The van der Waals surface area contributed by atoms with Crippen LogP contribution in [0.5, 0.6) is 11.5 Å². The van der Waals surface area contributed by atoms with Crippen molar-refractivity contribution in [3.63, 3.8) is 0 Å². The number of carbonyl (C=O) groups excluding carboxylic acids is 2. The van der Waals surface area contributed by atoms with Crippen LogP contribution in [0.15, 0.2) is 21.5 Å². The maximum absolute atomic E-state index is 11.5. The Morgan fingerprint density at radius 3 is 2.71 bits per heavy atom. The number of imide groups is 1. The first-order valence-corrected chi connectivity index (χ1v) is 7.91. The molecular formula is C14H14BrNO4S. The van der Waals surface area contributed by atoms with Crippen molar-refractivity contribution in [1.82, 2.24) is 5.32 Å². The number of halogens is 1. The zero-order chi connectivity index (χ0) is 15.4. The summed E-state index contributed by atoms with van der Waals surface area (Å²) in [4.78, 5) is 23.1. The molecule has 0 radical (unpaired) electrons. The third kappa shape index (κ3) is 3.79. The van der Waals surface area contributed by atoms with E-state index in [2.05, 4.69) is 21.2 Å². The van der Waals surface area contributed by atoms with E-state index in [-0.39, 0.29) is 11.1 Å². The number of benzene rings is 1. The Balaban J connectivity index is 2.34. The number of nitrogens with one attached hydrogen (secondary N) is 1. The lowest BCUT2D eigenvalue weighted by Gasteiger charge is -2.13. The smallest absolute Gasteiger partial charge is 0.290 e. The predicted octanol–water partition coefficient (Wildman–Crippen LogP) is 3.57. The van der Waals surface area contributed by atoms with Crippen LogP contribution >= 0.6 is 27.7 Å². The number of ether oxygens (including phenoxy) is 2. The lowest BCUT2D eigenvalue weighted by molar-refractivity contribution is -0.115. The molecule has 0 spiro atoms. The molecule has 0 saturated carbocycles. The van der Waals surface area contributed by atoms with Crippen molar-refractivity contribution in [3.05, 3.63) is 27.1 Å². The van der Waals surface area contributed by atoms with Gasteiger partial charge in [-0.1, -0.05) is 6.92 Å². The van der Waals surface area contributed by atoms with E-state index in [0.29, 0.717) is 23.0 Å². The van der Waals surface area contributed by atoms with Crippen molar-refractivity contribution >= 4 is 44.9 Å². The second-order valence-corrected chi connectivity index (χ2v) is 6.10. The van der Waals surface area contributed by atoms with Gasteiger partial charge in [-0.2, -0.15) is 0 Å². The summed E-state index contributed by atoms with van der Waals surface area (Å²) in [5.74, 6) is 0.812. The normalized spacial score (nSPS) is 16.2. The molecule has 1 aliphatic heterocycles. The molecule has 112 valence electrons. The fourth-order valence-electron chi connectivity index (χ4n) is 1.74. The highest BCUT2D eigenvalue weighted by Gasteiger charge is 2.25. The number of hydrogen-bond donors (Lipinski definition) is 1. The topological polar surface area (TPSA) is 64.6 Å². The van der Waals surface area contributed by atoms with E-state index in [4.69, 9.17) is 9.47 Å². The molecule has 21 heavy (non-hydrogen) atoms. The molecule has 2 rings (SSSR count). The quantitative estimate of drug-likeness (QED) is 0.801. The van der Waals surface area contributed by atoms with Gasteiger partial charge in [0, 0.05) is 0 Å². The summed E-state index contributed by atoms with van der Waals surface area (Å²) in [7, 11) is 1.55. The summed E-state index contributed by atoms with van der Waals surface area (Å²) in [6.07, 6.45) is 2.53. The molecule has 0 aliphatic carbocycles. The monoisotopic (exact) mass is 371 g/mol. The zero-order valence-electron chi connectivity index (χ0n) is 11.6. The second kappa shape index (κ2) is 7.00. The van der Waals surface area contributed by atoms with Gasteiger partial charge in [0.2, 0.25) is 0 Å². The highest BCUT2D eigenvalue weighted by molar-refractivity contribution is 9.10. The molecule has 1 aliphatic rings. The number of rotatable bonds is 5. The molecule has 1 aromatic rings. The van der Waals surface area contributed by atoms with Gasteiger partial charge in [0.15, 0.2) is 11.5 Å². The zero-order valence-corrected chi connectivity index (χ0v) is 14.0. The number of methoxy groups -OCH3 is 1. The maximum atomic E-state index is 11.5. The SMILES string of the molecule is CCCOc1c(Br)cc(C=C2SC(=O)NC2=O)cc1OC. The maximum Gasteiger partial charge on any atom is 0.290 e. The van der Waals surface area contributed by atoms with Gasteiger partial charge in [-0.05, 0) is 57.9 Å². The van der Waals surface area contributed by atoms with Gasteiger partial charge in [0.05, 0.1) is 23.1 Å². The number of carbonyl (C=O) groups is 2. The lowest BCUT2D eigenvalue weighted by atomic mass is 10.2. The van der Waals surface area contributed by atoms with Crippen molar-refractivity contribution in [1.29, 1.82) is 0 Å². The van der Waals surface area contributed by atoms with E-state index in [1.54, 1.807) is 19.3 Å². The van der Waals surface area contributed by atoms with Crippen LogP contribution < -0.4 is 14.8 Å². The lowest BCUT2D eigenvalue weighted by Crippen LogP contribution is -2.17. The summed E-state index contributed by atoms with van der Waals surface area (Å²) in [6, 6.07) is 3.58. The minimum Gasteiger partial charge on any atom is -0.493 e. The molecule has 2 amide bonds. The Hall–Kier alpha value is -1.47. The number of thioether (sulfide) groups is 1. The van der Waals surface area contributed by atoms with Gasteiger partial charge in [0.1, 0.15) is 0 Å². The van der Waals surface area contributed by atoms with Crippen LogP contribution in [0, 0.1) is 0 Å². The third-order valence-electron chi connectivity index (χ3n) is 2.64. The van der Waals surface area contributed by atoms with Crippen LogP contribution in [-0.4, -0.2) is 24.9 Å². The first-order chi connectivity index (χ1) is 10.0. The minimum atomic E-state index is -0.383. The van der Waals surface area contributed by atoms with Gasteiger partial charge >= 0.3 is 0 Å². The Kier molecular flexibility index (Phi) is 5.30. The fraction of sp³-hybridized carbons (Fsp3) is 0.286. The Labute approximate surface area is 135 Å². The van der Waals surface area contributed by atoms with Crippen molar-refractivity contribution in [2.45, 2.75) is 13.3 Å². The number of amides is 2.